The Bertz CT molecular complexity index is 206. The summed E-state index contributed by atoms with van der Waals surface area (Å²) in [5.41, 5.74) is 0. The highest BCUT2D eigenvalue weighted by Gasteiger charge is 2.17. The first-order valence-corrected chi connectivity index (χ1v) is 6.20. The largest absolute Gasteiger partial charge is 0.345 e. The zero-order chi connectivity index (χ0) is 11.1. The normalized spacial score (nSPS) is 12.3. The van der Waals surface area contributed by atoms with E-state index in [9.17, 15) is 4.79 Å². The number of amides is 1. The van der Waals surface area contributed by atoms with Crippen LogP contribution in [0.5, 0.6) is 0 Å². The molecule has 1 amide bonds. The van der Waals surface area contributed by atoms with Crippen molar-refractivity contribution in [3.8, 4) is 0 Å². The third kappa shape index (κ3) is 5.60. The summed E-state index contributed by atoms with van der Waals surface area (Å²) < 4.78 is 0.828. The van der Waals surface area contributed by atoms with Gasteiger partial charge in [-0.2, -0.15) is 0 Å². The van der Waals surface area contributed by atoms with Crippen molar-refractivity contribution in [2.24, 2.45) is 0 Å². The fourth-order valence-corrected chi connectivity index (χ4v) is 2.33. The number of rotatable bonds is 5. The van der Waals surface area contributed by atoms with Crippen LogP contribution >= 0.6 is 24.0 Å². The second-order valence-electron chi connectivity index (χ2n) is 3.37. The van der Waals surface area contributed by atoms with Gasteiger partial charge in [0, 0.05) is 17.8 Å². The molecule has 0 aliphatic carbocycles. The standard InChI is InChI=1S/C10H19NOS2/c1-5-6-7-11(4)10(12)8(2)14-9(3)13/h8H,5-7H2,1-4H3. The summed E-state index contributed by atoms with van der Waals surface area (Å²) in [5, 5.41) is -0.0469. The van der Waals surface area contributed by atoms with Gasteiger partial charge in [0.25, 0.3) is 0 Å². The van der Waals surface area contributed by atoms with Crippen LogP contribution in [0.1, 0.15) is 33.6 Å². The summed E-state index contributed by atoms with van der Waals surface area (Å²) in [6, 6.07) is 0. The van der Waals surface area contributed by atoms with Crippen LogP contribution in [0.25, 0.3) is 0 Å². The maximum atomic E-state index is 11.7. The van der Waals surface area contributed by atoms with Gasteiger partial charge >= 0.3 is 0 Å². The number of hydrogen-bond donors (Lipinski definition) is 0. The number of thiocarbonyl (C=S) groups is 1. The first-order chi connectivity index (χ1) is 6.49. The van der Waals surface area contributed by atoms with Gasteiger partial charge in [-0.15, -0.1) is 11.8 Å². The van der Waals surface area contributed by atoms with Crippen molar-refractivity contribution in [2.45, 2.75) is 38.9 Å². The van der Waals surface area contributed by atoms with E-state index in [1.807, 2.05) is 20.9 Å². The zero-order valence-corrected chi connectivity index (χ0v) is 11.0. The van der Waals surface area contributed by atoms with Crippen LogP contribution < -0.4 is 0 Å². The number of carbonyl (C=O) groups is 1. The van der Waals surface area contributed by atoms with Crippen molar-refractivity contribution in [3.05, 3.63) is 0 Å². The molecule has 14 heavy (non-hydrogen) atoms. The van der Waals surface area contributed by atoms with E-state index in [-0.39, 0.29) is 11.2 Å². The number of hydrogen-bond acceptors (Lipinski definition) is 3. The van der Waals surface area contributed by atoms with Crippen LogP contribution in [0.2, 0.25) is 0 Å². The molecule has 0 fully saturated rings. The van der Waals surface area contributed by atoms with E-state index in [4.69, 9.17) is 12.2 Å². The lowest BCUT2D eigenvalue weighted by Gasteiger charge is -2.20. The van der Waals surface area contributed by atoms with Crippen LogP contribution in [-0.4, -0.2) is 33.8 Å². The fraction of sp³-hybridized carbons (Fsp3) is 0.800. The lowest BCUT2D eigenvalue weighted by molar-refractivity contribution is -0.129. The lowest BCUT2D eigenvalue weighted by Crippen LogP contribution is -2.34. The third-order valence-corrected chi connectivity index (χ3v) is 3.09. The Balaban J connectivity index is 3.97. The molecule has 2 nitrogen and oxygen atoms in total. The molecule has 82 valence electrons. The average molecular weight is 233 g/mol. The Hall–Kier alpha value is -0.0900. The monoisotopic (exact) mass is 233 g/mol. The third-order valence-electron chi connectivity index (χ3n) is 1.91. The van der Waals surface area contributed by atoms with Gasteiger partial charge in [0.05, 0.1) is 5.25 Å². The smallest absolute Gasteiger partial charge is 0.235 e. The maximum absolute atomic E-state index is 11.7. The second-order valence-corrected chi connectivity index (χ2v) is 5.79. The summed E-state index contributed by atoms with van der Waals surface area (Å²) in [4.78, 5) is 13.5. The molecule has 0 saturated heterocycles. The van der Waals surface area contributed by atoms with Crippen molar-refractivity contribution in [2.75, 3.05) is 13.6 Å². The second kappa shape index (κ2) is 7.23. The van der Waals surface area contributed by atoms with Crippen molar-refractivity contribution >= 4 is 34.1 Å². The highest BCUT2D eigenvalue weighted by molar-refractivity contribution is 8.23. The molecule has 0 N–H and O–H groups in total. The molecule has 0 aliphatic heterocycles. The van der Waals surface area contributed by atoms with Gasteiger partial charge in [-0.25, -0.2) is 0 Å². The van der Waals surface area contributed by atoms with Crippen LogP contribution in [0.3, 0.4) is 0 Å². The van der Waals surface area contributed by atoms with Gasteiger partial charge in [0.2, 0.25) is 5.91 Å². The molecule has 0 bridgehead atoms. The first kappa shape index (κ1) is 13.9. The maximum Gasteiger partial charge on any atom is 0.235 e. The van der Waals surface area contributed by atoms with Crippen molar-refractivity contribution in [3.63, 3.8) is 0 Å². The Morgan fingerprint density at radius 2 is 2.14 bits per heavy atom. The first-order valence-electron chi connectivity index (χ1n) is 4.91. The van der Waals surface area contributed by atoms with E-state index in [1.54, 1.807) is 4.90 Å². The topological polar surface area (TPSA) is 20.3 Å². The number of unbranched alkanes of at least 4 members (excludes halogenated alkanes) is 1. The van der Waals surface area contributed by atoms with Gasteiger partial charge < -0.3 is 4.90 Å². The molecule has 0 spiro atoms. The van der Waals surface area contributed by atoms with Crippen LogP contribution in [0, 0.1) is 0 Å². The van der Waals surface area contributed by atoms with Gasteiger partial charge in [-0.05, 0) is 20.3 Å². The number of carbonyl (C=O) groups excluding carboxylic acids is 1. The predicted molar refractivity (Wildman–Crippen MR) is 67.9 cm³/mol. The predicted octanol–water partition coefficient (Wildman–Crippen LogP) is 2.71. The van der Waals surface area contributed by atoms with E-state index >= 15 is 0 Å². The lowest BCUT2D eigenvalue weighted by atomic mass is 10.3. The van der Waals surface area contributed by atoms with Crippen LogP contribution in [0.4, 0.5) is 0 Å². The van der Waals surface area contributed by atoms with E-state index < -0.39 is 0 Å². The Kier molecular flexibility index (Phi) is 7.19. The van der Waals surface area contributed by atoms with Gasteiger partial charge in [-0.1, -0.05) is 25.6 Å². The molecule has 1 atom stereocenters. The van der Waals surface area contributed by atoms with Crippen LogP contribution in [0.15, 0.2) is 0 Å². The molecular weight excluding hydrogens is 214 g/mol. The Labute approximate surface area is 96.4 Å². The molecule has 0 aromatic heterocycles. The fourth-order valence-electron chi connectivity index (χ4n) is 1.12. The summed E-state index contributed by atoms with van der Waals surface area (Å²) in [7, 11) is 1.85. The molecular formula is C10H19NOS2. The minimum absolute atomic E-state index is 0.0469. The van der Waals surface area contributed by atoms with E-state index in [0.29, 0.717) is 0 Å². The molecule has 0 aromatic carbocycles. The van der Waals surface area contributed by atoms with Crippen molar-refractivity contribution in [1.82, 2.24) is 4.90 Å². The summed E-state index contributed by atoms with van der Waals surface area (Å²) in [6.45, 7) is 6.73. The zero-order valence-electron chi connectivity index (χ0n) is 9.37. The van der Waals surface area contributed by atoms with Crippen molar-refractivity contribution in [1.29, 1.82) is 0 Å². The highest BCUT2D eigenvalue weighted by atomic mass is 32.2. The highest BCUT2D eigenvalue weighted by Crippen LogP contribution is 2.14. The van der Waals surface area contributed by atoms with Crippen molar-refractivity contribution < 1.29 is 4.79 Å². The molecule has 0 aromatic rings. The minimum Gasteiger partial charge on any atom is -0.345 e. The SMILES string of the molecule is CCCCN(C)C(=O)C(C)SC(C)=S. The molecule has 4 heteroatoms. The summed E-state index contributed by atoms with van der Waals surface area (Å²) >= 11 is 6.42. The van der Waals surface area contributed by atoms with Gasteiger partial charge in [-0.3, -0.25) is 4.79 Å². The average Bonchev–Trinajstić information content (AvgIpc) is 2.11. The Morgan fingerprint density at radius 1 is 1.57 bits per heavy atom. The summed E-state index contributed by atoms with van der Waals surface area (Å²) in [6.07, 6.45) is 2.18. The molecule has 0 radical (unpaired) electrons. The van der Waals surface area contributed by atoms with E-state index in [2.05, 4.69) is 6.92 Å². The van der Waals surface area contributed by atoms with Gasteiger partial charge in [0.15, 0.2) is 0 Å². The molecule has 0 rings (SSSR count). The van der Waals surface area contributed by atoms with E-state index in [0.717, 1.165) is 23.6 Å². The number of thioether (sulfide) groups is 1. The molecule has 0 heterocycles. The molecule has 0 aliphatic rings. The minimum atomic E-state index is -0.0469. The van der Waals surface area contributed by atoms with Crippen LogP contribution in [-0.2, 0) is 4.79 Å². The Morgan fingerprint density at radius 3 is 2.57 bits per heavy atom. The quantitative estimate of drug-likeness (QED) is 0.681. The van der Waals surface area contributed by atoms with E-state index in [1.165, 1.54) is 11.8 Å². The summed E-state index contributed by atoms with van der Waals surface area (Å²) in [5.74, 6) is 0.174. The molecule has 1 unspecified atom stereocenters. The molecule has 0 saturated carbocycles. The number of nitrogens with zero attached hydrogens (tertiary/aromatic N) is 1. The van der Waals surface area contributed by atoms with Gasteiger partial charge in [0.1, 0.15) is 0 Å².